The lowest BCUT2D eigenvalue weighted by molar-refractivity contribution is -0.384. The Morgan fingerprint density at radius 1 is 1.10 bits per heavy atom. The van der Waals surface area contributed by atoms with Gasteiger partial charge in [-0.3, -0.25) is 14.9 Å². The number of amides is 1. The highest BCUT2D eigenvalue weighted by molar-refractivity contribution is 5.92. The summed E-state index contributed by atoms with van der Waals surface area (Å²) in [4.78, 5) is 27.0. The number of methoxy groups -OCH3 is 1. The van der Waals surface area contributed by atoms with Crippen molar-refractivity contribution in [2.75, 3.05) is 38.2 Å². The van der Waals surface area contributed by atoms with E-state index in [1.807, 2.05) is 38.1 Å². The Morgan fingerprint density at radius 3 is 2.48 bits per heavy atom. The molecule has 1 amide bonds. The zero-order valence-electron chi connectivity index (χ0n) is 18.0. The Bertz CT molecular complexity index is 965. The Morgan fingerprint density at radius 2 is 1.84 bits per heavy atom. The molecule has 0 saturated carbocycles. The van der Waals surface area contributed by atoms with Crippen LogP contribution in [0.15, 0.2) is 48.5 Å². The molecule has 2 aromatic rings. The number of rotatable bonds is 7. The van der Waals surface area contributed by atoms with Gasteiger partial charge in [0.05, 0.1) is 18.1 Å². The van der Waals surface area contributed by atoms with Crippen molar-refractivity contribution in [2.24, 2.45) is 0 Å². The SMILES string of the molecule is COc1cc(C=CC(=O)N2CCN(c3cccc([N+](=O)[O-])c3)CC2)ccc1OC(C)C. The molecule has 1 aliphatic heterocycles. The van der Waals surface area contributed by atoms with Crippen LogP contribution in [0.25, 0.3) is 6.08 Å². The van der Waals surface area contributed by atoms with E-state index in [0.717, 1.165) is 11.3 Å². The van der Waals surface area contributed by atoms with Crippen molar-refractivity contribution in [2.45, 2.75) is 20.0 Å². The first-order valence-corrected chi connectivity index (χ1v) is 10.2. The number of benzene rings is 2. The molecule has 0 bridgehead atoms. The van der Waals surface area contributed by atoms with E-state index in [0.29, 0.717) is 37.7 Å². The number of nitro benzene ring substituents is 1. The van der Waals surface area contributed by atoms with E-state index in [-0.39, 0.29) is 17.7 Å². The molecule has 1 fully saturated rings. The Kier molecular flexibility index (Phi) is 7.12. The van der Waals surface area contributed by atoms with Crippen molar-refractivity contribution in [3.63, 3.8) is 0 Å². The lowest BCUT2D eigenvalue weighted by Crippen LogP contribution is -2.48. The molecule has 0 unspecified atom stereocenters. The molecule has 0 aromatic heterocycles. The maximum atomic E-state index is 12.6. The van der Waals surface area contributed by atoms with Gasteiger partial charge in [-0.15, -0.1) is 0 Å². The molecule has 1 heterocycles. The van der Waals surface area contributed by atoms with Gasteiger partial charge in [0.15, 0.2) is 11.5 Å². The van der Waals surface area contributed by atoms with Gasteiger partial charge in [0.2, 0.25) is 5.91 Å². The van der Waals surface area contributed by atoms with E-state index in [9.17, 15) is 14.9 Å². The number of nitro groups is 1. The van der Waals surface area contributed by atoms with Crippen LogP contribution in [0, 0.1) is 10.1 Å². The van der Waals surface area contributed by atoms with Gasteiger partial charge < -0.3 is 19.3 Å². The molecule has 0 spiro atoms. The fraction of sp³-hybridized carbons (Fsp3) is 0.348. The van der Waals surface area contributed by atoms with E-state index in [1.54, 1.807) is 36.3 Å². The topological polar surface area (TPSA) is 85.2 Å². The van der Waals surface area contributed by atoms with Crippen molar-refractivity contribution in [1.29, 1.82) is 0 Å². The van der Waals surface area contributed by atoms with Crippen molar-refractivity contribution in [1.82, 2.24) is 4.90 Å². The number of non-ortho nitro benzene ring substituents is 1. The standard InChI is InChI=1S/C23H27N3O5/c1-17(2)31-21-9-7-18(15-22(21)30-3)8-10-23(27)25-13-11-24(12-14-25)19-5-4-6-20(16-19)26(28)29/h4-10,15-17H,11-14H2,1-3H3. The zero-order valence-corrected chi connectivity index (χ0v) is 18.0. The number of hydrogen-bond acceptors (Lipinski definition) is 6. The summed E-state index contributed by atoms with van der Waals surface area (Å²) in [6.07, 6.45) is 3.36. The molecule has 8 heteroatoms. The predicted octanol–water partition coefficient (Wildman–Crippen LogP) is 3.75. The molecule has 0 aliphatic carbocycles. The smallest absolute Gasteiger partial charge is 0.271 e. The van der Waals surface area contributed by atoms with Gasteiger partial charge in [-0.05, 0) is 43.7 Å². The largest absolute Gasteiger partial charge is 0.493 e. The minimum atomic E-state index is -0.398. The second-order valence-electron chi connectivity index (χ2n) is 7.50. The van der Waals surface area contributed by atoms with Crippen LogP contribution < -0.4 is 14.4 Å². The highest BCUT2D eigenvalue weighted by Crippen LogP contribution is 2.29. The summed E-state index contributed by atoms with van der Waals surface area (Å²) < 4.78 is 11.1. The minimum Gasteiger partial charge on any atom is -0.493 e. The van der Waals surface area contributed by atoms with Gasteiger partial charge in [-0.25, -0.2) is 0 Å². The third-order valence-corrected chi connectivity index (χ3v) is 4.97. The van der Waals surface area contributed by atoms with E-state index >= 15 is 0 Å². The third-order valence-electron chi connectivity index (χ3n) is 4.97. The predicted molar refractivity (Wildman–Crippen MR) is 120 cm³/mol. The molecule has 3 rings (SSSR count). The monoisotopic (exact) mass is 425 g/mol. The molecule has 164 valence electrons. The average molecular weight is 425 g/mol. The molecule has 2 aromatic carbocycles. The van der Waals surface area contributed by atoms with E-state index < -0.39 is 4.92 Å². The Balaban J connectivity index is 1.59. The molecule has 0 atom stereocenters. The highest BCUT2D eigenvalue weighted by Gasteiger charge is 2.21. The van der Waals surface area contributed by atoms with Crippen LogP contribution in [0.5, 0.6) is 11.5 Å². The fourth-order valence-electron chi connectivity index (χ4n) is 3.40. The minimum absolute atomic E-state index is 0.0394. The first kappa shape index (κ1) is 22.1. The summed E-state index contributed by atoms with van der Waals surface area (Å²) in [7, 11) is 1.59. The van der Waals surface area contributed by atoms with Crippen molar-refractivity contribution < 1.29 is 19.2 Å². The number of hydrogen-bond donors (Lipinski definition) is 0. The van der Waals surface area contributed by atoms with Crippen molar-refractivity contribution >= 4 is 23.4 Å². The first-order valence-electron chi connectivity index (χ1n) is 10.2. The quantitative estimate of drug-likeness (QED) is 0.382. The number of carbonyl (C=O) groups excluding carboxylic acids is 1. The molecule has 0 N–H and O–H groups in total. The molecular weight excluding hydrogens is 398 g/mol. The molecule has 1 aliphatic rings. The molecule has 1 saturated heterocycles. The Hall–Kier alpha value is -3.55. The van der Waals surface area contributed by atoms with Crippen LogP contribution in [-0.2, 0) is 4.79 Å². The van der Waals surface area contributed by atoms with E-state index in [1.165, 1.54) is 6.07 Å². The lowest BCUT2D eigenvalue weighted by Gasteiger charge is -2.35. The second kappa shape index (κ2) is 9.97. The summed E-state index contributed by atoms with van der Waals surface area (Å²) in [5, 5.41) is 11.0. The summed E-state index contributed by atoms with van der Waals surface area (Å²) in [6, 6.07) is 12.1. The first-order chi connectivity index (χ1) is 14.9. The third kappa shape index (κ3) is 5.75. The highest BCUT2D eigenvalue weighted by atomic mass is 16.6. The van der Waals surface area contributed by atoms with Gasteiger partial charge in [0, 0.05) is 50.1 Å². The maximum absolute atomic E-state index is 12.6. The van der Waals surface area contributed by atoms with Crippen molar-refractivity contribution in [3.8, 4) is 11.5 Å². The number of anilines is 1. The van der Waals surface area contributed by atoms with Crippen LogP contribution in [0.2, 0.25) is 0 Å². The van der Waals surface area contributed by atoms with Crippen LogP contribution in [0.1, 0.15) is 19.4 Å². The van der Waals surface area contributed by atoms with Gasteiger partial charge >= 0.3 is 0 Å². The summed E-state index contributed by atoms with van der Waals surface area (Å²) in [6.45, 7) is 6.24. The summed E-state index contributed by atoms with van der Waals surface area (Å²) >= 11 is 0. The van der Waals surface area contributed by atoms with Crippen LogP contribution >= 0.6 is 0 Å². The zero-order chi connectivity index (χ0) is 22.4. The molecule has 8 nitrogen and oxygen atoms in total. The van der Waals surface area contributed by atoms with Gasteiger partial charge in [-0.2, -0.15) is 0 Å². The van der Waals surface area contributed by atoms with Gasteiger partial charge in [0.25, 0.3) is 5.69 Å². The second-order valence-corrected chi connectivity index (χ2v) is 7.50. The summed E-state index contributed by atoms with van der Waals surface area (Å²) in [5.74, 6) is 1.22. The molecule has 31 heavy (non-hydrogen) atoms. The number of ether oxygens (including phenoxy) is 2. The summed E-state index contributed by atoms with van der Waals surface area (Å²) in [5.41, 5.74) is 1.71. The van der Waals surface area contributed by atoms with E-state index in [2.05, 4.69) is 4.90 Å². The van der Waals surface area contributed by atoms with Crippen molar-refractivity contribution in [3.05, 3.63) is 64.2 Å². The molecule has 0 radical (unpaired) electrons. The number of carbonyl (C=O) groups is 1. The maximum Gasteiger partial charge on any atom is 0.271 e. The van der Waals surface area contributed by atoms with Gasteiger partial charge in [-0.1, -0.05) is 12.1 Å². The normalized spacial score (nSPS) is 14.2. The lowest BCUT2D eigenvalue weighted by atomic mass is 10.1. The van der Waals surface area contributed by atoms with Crippen LogP contribution in [0.3, 0.4) is 0 Å². The van der Waals surface area contributed by atoms with Crippen LogP contribution in [0.4, 0.5) is 11.4 Å². The molecular formula is C23H27N3O5. The Labute approximate surface area is 181 Å². The van der Waals surface area contributed by atoms with Crippen LogP contribution in [-0.4, -0.2) is 55.1 Å². The van der Waals surface area contributed by atoms with Gasteiger partial charge in [0.1, 0.15) is 0 Å². The fourth-order valence-corrected chi connectivity index (χ4v) is 3.40. The number of piperazine rings is 1. The average Bonchev–Trinajstić information content (AvgIpc) is 2.78. The number of nitrogens with zero attached hydrogens (tertiary/aromatic N) is 3. The van der Waals surface area contributed by atoms with E-state index in [4.69, 9.17) is 9.47 Å².